The van der Waals surface area contributed by atoms with Gasteiger partial charge in [0, 0.05) is 9.13 Å². The number of hydrogen-bond acceptors (Lipinski definition) is 2. The van der Waals surface area contributed by atoms with Crippen LogP contribution in [0.3, 0.4) is 0 Å². The zero-order chi connectivity index (χ0) is 7.15. The van der Waals surface area contributed by atoms with E-state index in [0.29, 0.717) is 0 Å². The lowest BCUT2D eigenvalue weighted by Crippen LogP contribution is -1.38. The molecule has 0 bridgehead atoms. The van der Waals surface area contributed by atoms with Crippen LogP contribution in [-0.2, 0) is 9.13 Å². The molecular weight excluding hydrogens is 286 g/mol. The molecule has 0 atom stereocenters. The summed E-state index contributed by atoms with van der Waals surface area (Å²) >= 11 is 0. The summed E-state index contributed by atoms with van der Waals surface area (Å²) in [5, 5.41) is 0. The molecule has 6 nitrogen and oxygen atoms in total. The van der Waals surface area contributed by atoms with Crippen molar-refractivity contribution in [3.05, 3.63) is 0 Å². The highest BCUT2D eigenvalue weighted by atomic mass is 32.1. The van der Waals surface area contributed by atoms with E-state index in [9.17, 15) is 0 Å². The van der Waals surface area contributed by atoms with Crippen LogP contribution >= 0.6 is 70.5 Å². The molecule has 80 valence electrons. The third-order valence-electron chi connectivity index (χ3n) is 0. The predicted molar refractivity (Wildman–Crippen MR) is 65.6 cm³/mol. The second-order valence-electron chi connectivity index (χ2n) is 0.505. The molecule has 0 rings (SSSR count). The summed E-state index contributed by atoms with van der Waals surface area (Å²) in [7, 11) is -5.74. The van der Waals surface area contributed by atoms with Gasteiger partial charge in [-0.05, 0) is 0 Å². The third kappa shape index (κ3) is 601. The van der Waals surface area contributed by atoms with Crippen LogP contribution < -0.4 is 0 Å². The van der Waals surface area contributed by atoms with Gasteiger partial charge in [-0.2, -0.15) is 54.0 Å². The van der Waals surface area contributed by atoms with Gasteiger partial charge in [0.05, 0.1) is 0 Å². The highest BCUT2D eigenvalue weighted by Crippen LogP contribution is 1.98. The first-order valence-corrected chi connectivity index (χ1v) is 3.50. The predicted octanol–water partition coefficient (Wildman–Crippen LogP) is -0.292. The van der Waals surface area contributed by atoms with Gasteiger partial charge in [-0.1, -0.05) is 0 Å². The fraction of sp³-hybridized carbons (Fsp3) is 0. The van der Waals surface area contributed by atoms with Crippen molar-refractivity contribution in [1.82, 2.24) is 0 Å². The Hall–Kier alpha value is 1.44. The molecule has 0 radical (unpaired) electrons. The van der Waals surface area contributed by atoms with Gasteiger partial charge in [0.25, 0.3) is 0 Å². The number of hydrogen-bond donors (Lipinski definition) is 4. The molecular formula is H12O6P2S4+2. The fourth-order valence-electron chi connectivity index (χ4n) is 0. The molecule has 0 aromatic rings. The van der Waals surface area contributed by atoms with Crippen molar-refractivity contribution in [3.8, 4) is 0 Å². The van der Waals surface area contributed by atoms with Gasteiger partial charge in [-0.15, -0.1) is 19.6 Å². The van der Waals surface area contributed by atoms with E-state index in [0.717, 1.165) is 0 Å². The van der Waals surface area contributed by atoms with Crippen molar-refractivity contribution in [1.29, 1.82) is 0 Å². The molecule has 0 heterocycles. The van der Waals surface area contributed by atoms with Crippen LogP contribution in [0.25, 0.3) is 0 Å². The van der Waals surface area contributed by atoms with Crippen molar-refractivity contribution in [2.45, 2.75) is 0 Å². The quantitative estimate of drug-likeness (QED) is 0.457. The van der Waals surface area contributed by atoms with Crippen LogP contribution in [-0.4, -0.2) is 19.6 Å². The second-order valence-corrected chi connectivity index (χ2v) is 1.52. The minimum atomic E-state index is -2.87. The van der Waals surface area contributed by atoms with Gasteiger partial charge in [0.2, 0.25) is 0 Å². The Kier molecular flexibility index (Phi) is 92.1. The molecule has 0 aliphatic heterocycles. The molecule has 0 aliphatic rings. The van der Waals surface area contributed by atoms with Crippen molar-refractivity contribution in [2.75, 3.05) is 0 Å². The molecule has 0 aromatic carbocycles. The highest BCUT2D eigenvalue weighted by molar-refractivity contribution is 7.59. The summed E-state index contributed by atoms with van der Waals surface area (Å²) in [5.41, 5.74) is 0. The molecule has 0 amide bonds. The van der Waals surface area contributed by atoms with Crippen molar-refractivity contribution < 1.29 is 28.7 Å². The molecule has 0 aliphatic carbocycles. The highest BCUT2D eigenvalue weighted by Gasteiger charge is 1.93. The maximum Gasteiger partial charge on any atom is 0.692 e. The van der Waals surface area contributed by atoms with Gasteiger partial charge in [0.1, 0.15) is 0 Å². The first-order chi connectivity index (χ1) is 3.46. The Bertz CT molecular complexity index is 75.5. The van der Waals surface area contributed by atoms with Crippen molar-refractivity contribution >= 4 is 70.5 Å². The monoisotopic (exact) mass is 298 g/mol. The SMILES string of the molecule is O=[P+](O)O.O=[P+](O)O.S.S.S.S. The minimum absolute atomic E-state index is 0. The van der Waals surface area contributed by atoms with E-state index in [1.165, 1.54) is 0 Å². The van der Waals surface area contributed by atoms with E-state index in [-0.39, 0.29) is 54.0 Å². The van der Waals surface area contributed by atoms with Gasteiger partial charge < -0.3 is 0 Å². The average molecular weight is 298 g/mol. The van der Waals surface area contributed by atoms with Gasteiger partial charge >= 0.3 is 16.5 Å². The van der Waals surface area contributed by atoms with E-state index in [2.05, 4.69) is 0 Å². The zero-order valence-electron chi connectivity index (χ0n) is 5.50. The molecule has 0 fully saturated rings. The molecule has 0 aromatic heterocycles. The largest absolute Gasteiger partial charge is 0.692 e. The van der Waals surface area contributed by atoms with Crippen LogP contribution in [0, 0.1) is 0 Å². The molecule has 0 saturated carbocycles. The smallest absolute Gasteiger partial charge is 0.197 e. The van der Waals surface area contributed by atoms with E-state index in [1.807, 2.05) is 0 Å². The summed E-state index contributed by atoms with van der Waals surface area (Å²) in [5.74, 6) is 0. The number of rotatable bonds is 0. The van der Waals surface area contributed by atoms with Gasteiger partial charge in [-0.3, -0.25) is 0 Å². The maximum atomic E-state index is 8.70. The molecule has 0 saturated heterocycles. The molecule has 4 N–H and O–H groups in total. The third-order valence-corrected chi connectivity index (χ3v) is 0. The summed E-state index contributed by atoms with van der Waals surface area (Å²) in [6.45, 7) is 0. The van der Waals surface area contributed by atoms with E-state index >= 15 is 0 Å². The van der Waals surface area contributed by atoms with Gasteiger partial charge in [-0.25, -0.2) is 0 Å². The fourth-order valence-corrected chi connectivity index (χ4v) is 0. The first kappa shape index (κ1) is 37.6. The zero-order valence-corrected chi connectivity index (χ0v) is 11.3. The summed E-state index contributed by atoms with van der Waals surface area (Å²) in [6, 6.07) is 0. The van der Waals surface area contributed by atoms with Crippen LogP contribution in [0.1, 0.15) is 0 Å². The Labute approximate surface area is 99.1 Å². The molecule has 12 heteroatoms. The van der Waals surface area contributed by atoms with Crippen molar-refractivity contribution in [2.24, 2.45) is 0 Å². The lowest BCUT2D eigenvalue weighted by atomic mass is 15.8. The molecule has 0 unspecified atom stereocenters. The van der Waals surface area contributed by atoms with Crippen LogP contribution in [0.5, 0.6) is 0 Å². The average Bonchev–Trinajstić information content (AvgIpc) is 1.25. The minimum Gasteiger partial charge on any atom is -0.197 e. The molecule has 12 heavy (non-hydrogen) atoms. The Balaban J connectivity index is -0.0000000112. The summed E-state index contributed by atoms with van der Waals surface area (Å²) in [4.78, 5) is 28.5. The Morgan fingerprint density at radius 3 is 0.583 bits per heavy atom. The van der Waals surface area contributed by atoms with Crippen LogP contribution in [0.15, 0.2) is 0 Å². The maximum absolute atomic E-state index is 8.70. The summed E-state index contributed by atoms with van der Waals surface area (Å²) < 4.78 is 17.4. The van der Waals surface area contributed by atoms with Gasteiger partial charge in [0.15, 0.2) is 0 Å². The van der Waals surface area contributed by atoms with Crippen molar-refractivity contribution in [3.63, 3.8) is 0 Å². The topological polar surface area (TPSA) is 115 Å². The Morgan fingerprint density at radius 1 is 0.583 bits per heavy atom. The Morgan fingerprint density at radius 2 is 0.583 bits per heavy atom. The van der Waals surface area contributed by atoms with E-state index in [4.69, 9.17) is 28.7 Å². The normalized spacial score (nSPS) is 4.33. The first-order valence-electron chi connectivity index (χ1n) is 1.17. The lowest BCUT2D eigenvalue weighted by Gasteiger charge is -1.34. The van der Waals surface area contributed by atoms with E-state index in [1.54, 1.807) is 0 Å². The van der Waals surface area contributed by atoms with E-state index < -0.39 is 16.5 Å². The van der Waals surface area contributed by atoms with Crippen LogP contribution in [0.4, 0.5) is 0 Å². The molecule has 0 spiro atoms. The second kappa shape index (κ2) is 29.4. The standard InChI is InChI=1S/2HO3P.4H2S/c2*1-4(2)3;;;;/h2*(H-,1,2,3);4*1H2/p+2. The van der Waals surface area contributed by atoms with Crippen LogP contribution in [0.2, 0.25) is 0 Å². The lowest BCUT2D eigenvalue weighted by molar-refractivity contribution is 0.403. The summed E-state index contributed by atoms with van der Waals surface area (Å²) in [6.07, 6.45) is 0.